The Morgan fingerprint density at radius 1 is 1.59 bits per heavy atom. The first-order valence-electron chi connectivity index (χ1n) is 6.66. The van der Waals surface area contributed by atoms with Crippen molar-refractivity contribution in [2.24, 2.45) is 0 Å². The van der Waals surface area contributed by atoms with E-state index >= 15 is 0 Å². The molecule has 2 heterocycles. The van der Waals surface area contributed by atoms with Gasteiger partial charge in [-0.25, -0.2) is 4.98 Å². The van der Waals surface area contributed by atoms with Crippen molar-refractivity contribution in [2.75, 3.05) is 33.7 Å². The van der Waals surface area contributed by atoms with E-state index in [1.165, 1.54) is 25.1 Å². The molecule has 1 fully saturated rings. The molecule has 0 radical (unpaired) electrons. The van der Waals surface area contributed by atoms with Crippen LogP contribution in [0.5, 0.6) is 0 Å². The number of hydrogen-bond acceptors (Lipinski definition) is 3. The van der Waals surface area contributed by atoms with Gasteiger partial charge in [0.25, 0.3) is 0 Å². The first-order chi connectivity index (χ1) is 8.29. The molecule has 0 amide bonds. The van der Waals surface area contributed by atoms with Crippen molar-refractivity contribution < 1.29 is 0 Å². The van der Waals surface area contributed by atoms with E-state index in [4.69, 9.17) is 0 Å². The third kappa shape index (κ3) is 3.54. The lowest BCUT2D eigenvalue weighted by Crippen LogP contribution is -2.30. The van der Waals surface area contributed by atoms with Crippen LogP contribution < -0.4 is 5.32 Å². The third-order valence-corrected chi connectivity index (χ3v) is 3.55. The molecule has 0 aliphatic carbocycles. The predicted molar refractivity (Wildman–Crippen MR) is 70.3 cm³/mol. The fourth-order valence-corrected chi connectivity index (χ4v) is 2.57. The molecule has 96 valence electrons. The molecule has 17 heavy (non-hydrogen) atoms. The Hall–Kier alpha value is -0.870. The summed E-state index contributed by atoms with van der Waals surface area (Å²) in [5.74, 6) is 1.79. The van der Waals surface area contributed by atoms with E-state index < -0.39 is 0 Å². The molecule has 1 atom stereocenters. The van der Waals surface area contributed by atoms with Crippen molar-refractivity contribution in [3.63, 3.8) is 0 Å². The molecule has 1 aliphatic rings. The Morgan fingerprint density at radius 3 is 3.24 bits per heavy atom. The summed E-state index contributed by atoms with van der Waals surface area (Å²) >= 11 is 0. The average Bonchev–Trinajstić information content (AvgIpc) is 2.78. The minimum Gasteiger partial charge on any atom is -0.346 e. The minimum atomic E-state index is 0.652. The highest BCUT2D eigenvalue weighted by Gasteiger charge is 2.20. The fourth-order valence-electron chi connectivity index (χ4n) is 2.57. The molecule has 0 aromatic carbocycles. The zero-order chi connectivity index (χ0) is 12.1. The van der Waals surface area contributed by atoms with Crippen LogP contribution in [0, 0.1) is 0 Å². The number of hydrogen-bond donors (Lipinski definition) is 2. The number of aromatic nitrogens is 2. The molecule has 2 N–H and O–H groups in total. The number of H-pyrrole nitrogens is 1. The quantitative estimate of drug-likeness (QED) is 0.759. The molecule has 0 spiro atoms. The molecule has 0 bridgehead atoms. The minimum absolute atomic E-state index is 0.652. The van der Waals surface area contributed by atoms with Crippen molar-refractivity contribution in [1.29, 1.82) is 0 Å². The Labute approximate surface area is 104 Å². The SMILES string of the molecule is CNCCCc1ncc(C2CCCN(C)C2)[nH]1. The Balaban J connectivity index is 1.88. The van der Waals surface area contributed by atoms with Crippen molar-refractivity contribution in [1.82, 2.24) is 20.2 Å². The highest BCUT2D eigenvalue weighted by Crippen LogP contribution is 2.24. The molecule has 1 saturated heterocycles. The summed E-state index contributed by atoms with van der Waals surface area (Å²) in [6, 6.07) is 0. The smallest absolute Gasteiger partial charge is 0.106 e. The monoisotopic (exact) mass is 236 g/mol. The zero-order valence-corrected chi connectivity index (χ0v) is 11.0. The standard InChI is InChI=1S/C13H24N4/c1-14-7-3-6-13-15-9-12(16-13)11-5-4-8-17(2)10-11/h9,11,14H,3-8,10H2,1-2H3,(H,15,16). The van der Waals surface area contributed by atoms with Crippen LogP contribution in [-0.4, -0.2) is 48.6 Å². The van der Waals surface area contributed by atoms with Gasteiger partial charge in [-0.2, -0.15) is 0 Å². The number of likely N-dealkylation sites (N-methyl/N-ethyl adjacent to an activating group) is 1. The second kappa shape index (κ2) is 6.17. The van der Waals surface area contributed by atoms with Crippen LogP contribution >= 0.6 is 0 Å². The molecule has 1 unspecified atom stereocenters. The van der Waals surface area contributed by atoms with Crippen LogP contribution in [-0.2, 0) is 6.42 Å². The fraction of sp³-hybridized carbons (Fsp3) is 0.769. The van der Waals surface area contributed by atoms with Gasteiger partial charge in [0.1, 0.15) is 5.82 Å². The first kappa shape index (κ1) is 12.6. The molecule has 1 aliphatic heterocycles. The highest BCUT2D eigenvalue weighted by atomic mass is 15.1. The van der Waals surface area contributed by atoms with Crippen molar-refractivity contribution in [3.8, 4) is 0 Å². The van der Waals surface area contributed by atoms with E-state index in [-0.39, 0.29) is 0 Å². The van der Waals surface area contributed by atoms with Crippen LogP contribution in [0.2, 0.25) is 0 Å². The summed E-state index contributed by atoms with van der Waals surface area (Å²) in [4.78, 5) is 10.4. The molecular weight excluding hydrogens is 212 g/mol. The first-order valence-corrected chi connectivity index (χ1v) is 6.66. The maximum Gasteiger partial charge on any atom is 0.106 e. The molecule has 2 rings (SSSR count). The maximum absolute atomic E-state index is 4.49. The average molecular weight is 236 g/mol. The Morgan fingerprint density at radius 2 is 2.47 bits per heavy atom. The van der Waals surface area contributed by atoms with Crippen LogP contribution in [0.4, 0.5) is 0 Å². The summed E-state index contributed by atoms with van der Waals surface area (Å²) in [6.07, 6.45) is 6.83. The van der Waals surface area contributed by atoms with Crippen LogP contribution in [0.1, 0.15) is 36.7 Å². The van der Waals surface area contributed by atoms with Gasteiger partial charge < -0.3 is 15.2 Å². The van der Waals surface area contributed by atoms with Gasteiger partial charge in [0, 0.05) is 30.8 Å². The van der Waals surface area contributed by atoms with Gasteiger partial charge in [-0.3, -0.25) is 0 Å². The van der Waals surface area contributed by atoms with E-state index in [0.29, 0.717) is 5.92 Å². The number of nitrogens with one attached hydrogen (secondary N) is 2. The lowest BCUT2D eigenvalue weighted by Gasteiger charge is -2.28. The van der Waals surface area contributed by atoms with Crippen molar-refractivity contribution >= 4 is 0 Å². The molecule has 4 heteroatoms. The van der Waals surface area contributed by atoms with Crippen LogP contribution in [0.3, 0.4) is 0 Å². The van der Waals surface area contributed by atoms with E-state index in [1.54, 1.807) is 0 Å². The highest BCUT2D eigenvalue weighted by molar-refractivity contribution is 5.09. The lowest BCUT2D eigenvalue weighted by atomic mass is 9.96. The number of rotatable bonds is 5. The number of imidazole rings is 1. The number of piperidine rings is 1. The van der Waals surface area contributed by atoms with Gasteiger partial charge in [-0.15, -0.1) is 0 Å². The van der Waals surface area contributed by atoms with Crippen LogP contribution in [0.15, 0.2) is 6.20 Å². The molecule has 4 nitrogen and oxygen atoms in total. The number of likely N-dealkylation sites (tertiary alicyclic amines) is 1. The number of aryl methyl sites for hydroxylation is 1. The molecular formula is C13H24N4. The largest absolute Gasteiger partial charge is 0.346 e. The second-order valence-electron chi connectivity index (χ2n) is 5.09. The van der Waals surface area contributed by atoms with Crippen molar-refractivity contribution in [3.05, 3.63) is 17.7 Å². The summed E-state index contributed by atoms with van der Waals surface area (Å²) in [5, 5.41) is 3.17. The van der Waals surface area contributed by atoms with Gasteiger partial charge >= 0.3 is 0 Å². The van der Waals surface area contributed by atoms with E-state index in [9.17, 15) is 0 Å². The van der Waals surface area contributed by atoms with Gasteiger partial charge in [0.15, 0.2) is 0 Å². The summed E-state index contributed by atoms with van der Waals surface area (Å²) in [7, 11) is 4.20. The Kier molecular flexibility index (Phi) is 4.57. The van der Waals surface area contributed by atoms with Crippen LogP contribution in [0.25, 0.3) is 0 Å². The van der Waals surface area contributed by atoms with E-state index in [0.717, 1.165) is 31.8 Å². The van der Waals surface area contributed by atoms with E-state index in [1.807, 2.05) is 13.2 Å². The Bertz CT molecular complexity index is 334. The number of nitrogens with zero attached hydrogens (tertiary/aromatic N) is 2. The van der Waals surface area contributed by atoms with Gasteiger partial charge in [-0.05, 0) is 46.4 Å². The van der Waals surface area contributed by atoms with Gasteiger partial charge in [0.2, 0.25) is 0 Å². The lowest BCUT2D eigenvalue weighted by molar-refractivity contribution is 0.248. The molecule has 1 aromatic heterocycles. The summed E-state index contributed by atoms with van der Waals surface area (Å²) in [5.41, 5.74) is 1.33. The second-order valence-corrected chi connectivity index (χ2v) is 5.09. The molecule has 1 aromatic rings. The normalized spacial score (nSPS) is 21.9. The summed E-state index contributed by atoms with van der Waals surface area (Å²) < 4.78 is 0. The summed E-state index contributed by atoms with van der Waals surface area (Å²) in [6.45, 7) is 3.46. The zero-order valence-electron chi connectivity index (χ0n) is 11.0. The maximum atomic E-state index is 4.49. The van der Waals surface area contributed by atoms with Crippen molar-refractivity contribution in [2.45, 2.75) is 31.6 Å². The van der Waals surface area contributed by atoms with E-state index in [2.05, 4.69) is 27.2 Å². The van der Waals surface area contributed by atoms with Gasteiger partial charge in [-0.1, -0.05) is 0 Å². The topological polar surface area (TPSA) is 44.0 Å². The van der Waals surface area contributed by atoms with Gasteiger partial charge in [0.05, 0.1) is 0 Å². The number of aromatic amines is 1. The predicted octanol–water partition coefficient (Wildman–Crippen LogP) is 1.37. The molecule has 0 saturated carbocycles. The third-order valence-electron chi connectivity index (χ3n) is 3.55.